The van der Waals surface area contributed by atoms with Crippen LogP contribution in [0.25, 0.3) is 0 Å². The van der Waals surface area contributed by atoms with Crippen LogP contribution in [-0.4, -0.2) is 37.2 Å². The molecule has 1 aliphatic heterocycles. The maximum absolute atomic E-state index is 5.68. The molecule has 1 heterocycles. The molecule has 24 heavy (non-hydrogen) atoms. The van der Waals surface area contributed by atoms with E-state index in [0.29, 0.717) is 6.61 Å². The molecule has 136 valence electrons. The number of guanidine groups is 1. The molecule has 0 aliphatic carbocycles. The number of nitrogens with zero attached hydrogens (tertiary/aromatic N) is 1. The van der Waals surface area contributed by atoms with Gasteiger partial charge in [-0.3, -0.25) is 4.99 Å². The fraction of sp³-hybridized carbons (Fsp3) is 0.611. The van der Waals surface area contributed by atoms with Gasteiger partial charge >= 0.3 is 0 Å². The Bertz CT molecular complexity index is 493. The van der Waals surface area contributed by atoms with Gasteiger partial charge in [0.15, 0.2) is 5.96 Å². The van der Waals surface area contributed by atoms with Crippen LogP contribution in [0.2, 0.25) is 0 Å². The van der Waals surface area contributed by atoms with Crippen molar-refractivity contribution >= 4 is 41.7 Å². The van der Waals surface area contributed by atoms with Gasteiger partial charge in [-0.25, -0.2) is 0 Å². The van der Waals surface area contributed by atoms with Crippen molar-refractivity contribution < 1.29 is 4.74 Å². The average Bonchev–Trinajstić information content (AvgIpc) is 3.10. The van der Waals surface area contributed by atoms with E-state index < -0.39 is 0 Å². The third-order valence-corrected chi connectivity index (χ3v) is 5.31. The van der Waals surface area contributed by atoms with Crippen molar-refractivity contribution in [1.82, 2.24) is 10.6 Å². The fourth-order valence-electron chi connectivity index (χ4n) is 2.61. The maximum atomic E-state index is 5.68. The second-order valence-corrected chi connectivity index (χ2v) is 7.17. The highest BCUT2D eigenvalue weighted by Crippen LogP contribution is 2.25. The van der Waals surface area contributed by atoms with Gasteiger partial charge in [0, 0.05) is 32.0 Å². The Morgan fingerprint density at radius 2 is 2.08 bits per heavy atom. The summed E-state index contributed by atoms with van der Waals surface area (Å²) >= 11 is 2.06. The van der Waals surface area contributed by atoms with E-state index in [1.807, 2.05) is 7.05 Å². The third-order valence-electron chi connectivity index (χ3n) is 3.92. The quantitative estimate of drug-likeness (QED) is 0.267. The van der Waals surface area contributed by atoms with Crippen molar-refractivity contribution in [3.63, 3.8) is 0 Å². The summed E-state index contributed by atoms with van der Waals surface area (Å²) in [5, 5.41) is 7.58. The smallest absolute Gasteiger partial charge is 0.191 e. The van der Waals surface area contributed by atoms with E-state index in [2.05, 4.69) is 58.6 Å². The van der Waals surface area contributed by atoms with E-state index in [9.17, 15) is 0 Å². The number of hydrogen-bond donors (Lipinski definition) is 2. The van der Waals surface area contributed by atoms with Crippen LogP contribution in [0.4, 0.5) is 0 Å². The summed E-state index contributed by atoms with van der Waals surface area (Å²) in [6, 6.07) is 8.43. The first-order valence-electron chi connectivity index (χ1n) is 8.54. The molecule has 1 unspecified atom stereocenters. The average molecular weight is 463 g/mol. The van der Waals surface area contributed by atoms with Crippen LogP contribution in [0.1, 0.15) is 37.3 Å². The molecule has 0 spiro atoms. The zero-order valence-electron chi connectivity index (χ0n) is 14.7. The minimum Gasteiger partial charge on any atom is -0.377 e. The molecule has 4 nitrogen and oxygen atoms in total. The van der Waals surface area contributed by atoms with Crippen molar-refractivity contribution in [2.45, 2.75) is 44.6 Å². The number of halogens is 1. The van der Waals surface area contributed by atoms with Gasteiger partial charge in [-0.2, -0.15) is 11.8 Å². The number of aliphatic imine (C=N–C) groups is 1. The first-order valence-corrected chi connectivity index (χ1v) is 9.59. The van der Waals surface area contributed by atoms with Crippen LogP contribution in [0, 0.1) is 0 Å². The molecule has 1 aliphatic rings. The Morgan fingerprint density at radius 1 is 1.29 bits per heavy atom. The molecule has 2 rings (SSSR count). The highest BCUT2D eigenvalue weighted by Gasteiger charge is 2.15. The highest BCUT2D eigenvalue weighted by molar-refractivity contribution is 14.0. The number of hydrogen-bond acceptors (Lipinski definition) is 3. The van der Waals surface area contributed by atoms with Gasteiger partial charge in [-0.1, -0.05) is 31.2 Å². The molecular formula is C18H30IN3OS. The van der Waals surface area contributed by atoms with E-state index in [0.717, 1.165) is 37.3 Å². The summed E-state index contributed by atoms with van der Waals surface area (Å²) in [4.78, 5) is 4.32. The zero-order chi connectivity index (χ0) is 16.3. The standard InChI is InChI=1S/C18H29N3OS.HI/c1-3-10-22-14-16-8-5-4-7-15(16)12-20-18(19-2)21-13-17-9-6-11-23-17;/h4-5,7-8,17H,3,6,9-14H2,1-2H3,(H2,19,20,21);1H. The van der Waals surface area contributed by atoms with Crippen molar-refractivity contribution in [2.24, 2.45) is 4.99 Å². The van der Waals surface area contributed by atoms with E-state index in [1.165, 1.54) is 29.7 Å². The van der Waals surface area contributed by atoms with Crippen LogP contribution in [0.5, 0.6) is 0 Å². The molecule has 0 bridgehead atoms. The van der Waals surface area contributed by atoms with Crippen molar-refractivity contribution in [3.05, 3.63) is 35.4 Å². The summed E-state index contributed by atoms with van der Waals surface area (Å²) in [6.45, 7) is 5.38. The summed E-state index contributed by atoms with van der Waals surface area (Å²) in [5.74, 6) is 2.17. The van der Waals surface area contributed by atoms with Crippen LogP contribution in [0.3, 0.4) is 0 Å². The third kappa shape index (κ3) is 7.61. The number of rotatable bonds is 8. The minimum absolute atomic E-state index is 0. The topological polar surface area (TPSA) is 45.6 Å². The largest absolute Gasteiger partial charge is 0.377 e. The second-order valence-electron chi connectivity index (χ2n) is 5.76. The van der Waals surface area contributed by atoms with Crippen molar-refractivity contribution in [3.8, 4) is 0 Å². The molecule has 1 aromatic carbocycles. The lowest BCUT2D eigenvalue weighted by atomic mass is 10.1. The summed E-state index contributed by atoms with van der Waals surface area (Å²) in [5.41, 5.74) is 2.51. The van der Waals surface area contributed by atoms with Crippen LogP contribution < -0.4 is 10.6 Å². The molecule has 0 amide bonds. The van der Waals surface area contributed by atoms with Gasteiger partial charge in [0.25, 0.3) is 0 Å². The molecule has 0 radical (unpaired) electrons. The van der Waals surface area contributed by atoms with Crippen molar-refractivity contribution in [1.29, 1.82) is 0 Å². The molecule has 1 atom stereocenters. The minimum atomic E-state index is 0. The lowest BCUT2D eigenvalue weighted by molar-refractivity contribution is 0.121. The van der Waals surface area contributed by atoms with Crippen LogP contribution >= 0.6 is 35.7 Å². The fourth-order valence-corrected chi connectivity index (χ4v) is 3.81. The number of benzene rings is 1. The second kappa shape index (κ2) is 12.8. The first-order chi connectivity index (χ1) is 11.3. The predicted octanol–water partition coefficient (Wildman–Crippen LogP) is 3.79. The monoisotopic (exact) mass is 463 g/mol. The Morgan fingerprint density at radius 3 is 2.75 bits per heavy atom. The van der Waals surface area contributed by atoms with E-state index >= 15 is 0 Å². The van der Waals surface area contributed by atoms with Gasteiger partial charge in [0.1, 0.15) is 0 Å². The predicted molar refractivity (Wildman–Crippen MR) is 115 cm³/mol. The van der Waals surface area contributed by atoms with Gasteiger partial charge in [0.05, 0.1) is 6.61 Å². The lowest BCUT2D eigenvalue weighted by Gasteiger charge is -2.16. The number of ether oxygens (including phenoxy) is 1. The van der Waals surface area contributed by atoms with Crippen LogP contribution in [0.15, 0.2) is 29.3 Å². The highest BCUT2D eigenvalue weighted by atomic mass is 127. The summed E-state index contributed by atoms with van der Waals surface area (Å²) < 4.78 is 5.68. The zero-order valence-corrected chi connectivity index (χ0v) is 17.9. The Labute approximate surface area is 167 Å². The van der Waals surface area contributed by atoms with Crippen molar-refractivity contribution in [2.75, 3.05) is 26.0 Å². The first kappa shape index (κ1) is 21.6. The summed E-state index contributed by atoms with van der Waals surface area (Å²) in [6.07, 6.45) is 3.70. The molecular weight excluding hydrogens is 433 g/mol. The molecule has 0 aromatic heterocycles. The normalized spacial score (nSPS) is 17.4. The molecule has 1 aromatic rings. The number of thioether (sulfide) groups is 1. The Balaban J connectivity index is 0.00000288. The van der Waals surface area contributed by atoms with Crippen LogP contribution in [-0.2, 0) is 17.9 Å². The van der Waals surface area contributed by atoms with E-state index in [1.54, 1.807) is 0 Å². The Hall–Kier alpha value is -0.470. The molecule has 0 saturated carbocycles. The van der Waals surface area contributed by atoms with E-state index in [4.69, 9.17) is 4.74 Å². The SMILES string of the molecule is CCCOCc1ccccc1CNC(=NC)NCC1CCCS1.I. The van der Waals surface area contributed by atoms with Gasteiger partial charge in [-0.05, 0) is 36.1 Å². The molecule has 2 N–H and O–H groups in total. The van der Waals surface area contributed by atoms with E-state index in [-0.39, 0.29) is 24.0 Å². The lowest BCUT2D eigenvalue weighted by Crippen LogP contribution is -2.39. The molecule has 1 saturated heterocycles. The number of nitrogens with one attached hydrogen (secondary N) is 2. The maximum Gasteiger partial charge on any atom is 0.191 e. The molecule has 6 heteroatoms. The Kier molecular flexibility index (Phi) is 11.5. The van der Waals surface area contributed by atoms with Gasteiger partial charge in [0.2, 0.25) is 0 Å². The van der Waals surface area contributed by atoms with Gasteiger partial charge in [-0.15, -0.1) is 24.0 Å². The summed E-state index contributed by atoms with van der Waals surface area (Å²) in [7, 11) is 1.83. The molecule has 1 fully saturated rings. The van der Waals surface area contributed by atoms with Gasteiger partial charge < -0.3 is 15.4 Å².